The van der Waals surface area contributed by atoms with E-state index in [1.165, 1.54) is 16.9 Å². The predicted molar refractivity (Wildman–Crippen MR) is 59.3 cm³/mol. The summed E-state index contributed by atoms with van der Waals surface area (Å²) >= 11 is 0. The molecule has 3 N–H and O–H groups in total. The maximum Gasteiger partial charge on any atom is 0.257 e. The van der Waals surface area contributed by atoms with E-state index in [1.54, 1.807) is 14.0 Å². The van der Waals surface area contributed by atoms with E-state index in [2.05, 4.69) is 9.82 Å². The van der Waals surface area contributed by atoms with Gasteiger partial charge in [-0.3, -0.25) is 4.68 Å². The lowest BCUT2D eigenvalue weighted by Gasteiger charge is -2.11. The quantitative estimate of drug-likeness (QED) is 0.756. The SMILES string of the molecule is C[C@H](CN)NS(=O)(=O)c1ccnn1C.Cl. The van der Waals surface area contributed by atoms with E-state index in [0.29, 0.717) is 0 Å². The van der Waals surface area contributed by atoms with Gasteiger partial charge < -0.3 is 5.73 Å². The van der Waals surface area contributed by atoms with Crippen molar-refractivity contribution in [2.24, 2.45) is 12.8 Å². The van der Waals surface area contributed by atoms with Crippen LogP contribution >= 0.6 is 12.4 Å². The molecule has 0 unspecified atom stereocenters. The highest BCUT2D eigenvalue weighted by molar-refractivity contribution is 7.89. The van der Waals surface area contributed by atoms with Crippen LogP contribution in [0.1, 0.15) is 6.92 Å². The van der Waals surface area contributed by atoms with Crippen LogP contribution in [-0.2, 0) is 17.1 Å². The Morgan fingerprint density at radius 1 is 1.67 bits per heavy atom. The molecule has 0 aromatic carbocycles. The third kappa shape index (κ3) is 3.45. The van der Waals surface area contributed by atoms with Gasteiger partial charge in [-0.05, 0) is 13.0 Å². The van der Waals surface area contributed by atoms with E-state index in [-0.39, 0.29) is 30.0 Å². The van der Waals surface area contributed by atoms with Crippen LogP contribution in [0.25, 0.3) is 0 Å². The van der Waals surface area contributed by atoms with Crippen LogP contribution in [0.3, 0.4) is 0 Å². The Bertz CT molecular complexity index is 403. The van der Waals surface area contributed by atoms with E-state index < -0.39 is 10.0 Å². The van der Waals surface area contributed by atoms with Gasteiger partial charge >= 0.3 is 0 Å². The van der Waals surface area contributed by atoms with Crippen LogP contribution in [0.2, 0.25) is 0 Å². The van der Waals surface area contributed by atoms with Gasteiger partial charge in [0, 0.05) is 19.6 Å². The number of aryl methyl sites for hydroxylation is 1. The zero-order chi connectivity index (χ0) is 10.8. The summed E-state index contributed by atoms with van der Waals surface area (Å²) in [6.45, 7) is 1.96. The Hall–Kier alpha value is -0.630. The van der Waals surface area contributed by atoms with Crippen LogP contribution in [0.5, 0.6) is 0 Å². The maximum absolute atomic E-state index is 11.7. The molecule has 0 saturated heterocycles. The fraction of sp³-hybridized carbons (Fsp3) is 0.571. The monoisotopic (exact) mass is 254 g/mol. The largest absolute Gasteiger partial charge is 0.329 e. The van der Waals surface area contributed by atoms with Crippen molar-refractivity contribution < 1.29 is 8.42 Å². The normalized spacial score (nSPS) is 13.3. The number of nitrogens with one attached hydrogen (secondary N) is 1. The summed E-state index contributed by atoms with van der Waals surface area (Å²) in [7, 11) is -1.92. The minimum absolute atomic E-state index is 0. The Labute approximate surface area is 95.3 Å². The molecule has 1 aromatic rings. The van der Waals surface area contributed by atoms with Gasteiger partial charge in [-0.2, -0.15) is 5.10 Å². The second kappa shape index (κ2) is 5.45. The van der Waals surface area contributed by atoms with Gasteiger partial charge in [0.2, 0.25) is 0 Å². The summed E-state index contributed by atoms with van der Waals surface area (Å²) in [5.41, 5.74) is 5.32. The average Bonchev–Trinajstić information content (AvgIpc) is 2.51. The Morgan fingerprint density at radius 2 is 2.27 bits per heavy atom. The lowest BCUT2D eigenvalue weighted by atomic mass is 10.4. The summed E-state index contributed by atoms with van der Waals surface area (Å²) in [4.78, 5) is 0. The number of aromatic nitrogens is 2. The Morgan fingerprint density at radius 3 is 2.67 bits per heavy atom. The summed E-state index contributed by atoms with van der Waals surface area (Å²) in [5, 5.41) is 3.92. The first-order valence-electron chi connectivity index (χ1n) is 4.18. The molecule has 0 saturated carbocycles. The number of rotatable bonds is 4. The van der Waals surface area contributed by atoms with Crippen molar-refractivity contribution in [3.05, 3.63) is 12.3 Å². The highest BCUT2D eigenvalue weighted by Crippen LogP contribution is 2.06. The van der Waals surface area contributed by atoms with Crippen LogP contribution in [0.4, 0.5) is 0 Å². The van der Waals surface area contributed by atoms with E-state index >= 15 is 0 Å². The first kappa shape index (κ1) is 14.4. The lowest BCUT2D eigenvalue weighted by molar-refractivity contribution is 0.547. The summed E-state index contributed by atoms with van der Waals surface area (Å²) < 4.78 is 27.0. The standard InChI is InChI=1S/C7H14N4O2S.ClH/c1-6(5-8)10-14(12,13)7-3-4-9-11(7)2;/h3-4,6,10H,5,8H2,1-2H3;1H/t6-;/m1./s1. The van der Waals surface area contributed by atoms with E-state index in [1.807, 2.05) is 0 Å². The molecule has 1 atom stereocenters. The molecule has 15 heavy (non-hydrogen) atoms. The highest BCUT2D eigenvalue weighted by Gasteiger charge is 2.19. The Kier molecular flexibility index (Phi) is 5.22. The van der Waals surface area contributed by atoms with Crippen LogP contribution in [-0.4, -0.2) is 30.8 Å². The Balaban J connectivity index is 0.00000196. The third-order valence-corrected chi connectivity index (χ3v) is 3.42. The molecule has 1 heterocycles. The van der Waals surface area contributed by atoms with E-state index in [9.17, 15) is 8.42 Å². The number of hydrogen-bond acceptors (Lipinski definition) is 4. The number of nitrogens with two attached hydrogens (primary N) is 1. The van der Waals surface area contributed by atoms with Crippen molar-refractivity contribution >= 4 is 22.4 Å². The van der Waals surface area contributed by atoms with Crippen LogP contribution < -0.4 is 10.5 Å². The first-order valence-corrected chi connectivity index (χ1v) is 5.66. The summed E-state index contributed by atoms with van der Waals surface area (Å²) in [5.74, 6) is 0. The van der Waals surface area contributed by atoms with E-state index in [4.69, 9.17) is 5.73 Å². The minimum Gasteiger partial charge on any atom is -0.329 e. The van der Waals surface area contributed by atoms with Gasteiger partial charge in [0.15, 0.2) is 5.03 Å². The molecule has 0 aliphatic rings. The van der Waals surface area contributed by atoms with Crippen LogP contribution in [0.15, 0.2) is 17.3 Å². The molecule has 88 valence electrons. The van der Waals surface area contributed by atoms with Crippen molar-refractivity contribution in [2.45, 2.75) is 18.0 Å². The molecule has 0 amide bonds. The molecule has 8 heteroatoms. The van der Waals surface area contributed by atoms with Gasteiger partial charge in [-0.25, -0.2) is 13.1 Å². The molecular weight excluding hydrogens is 240 g/mol. The second-order valence-corrected chi connectivity index (χ2v) is 4.71. The average molecular weight is 255 g/mol. The molecule has 0 spiro atoms. The van der Waals surface area contributed by atoms with Crippen molar-refractivity contribution in [1.82, 2.24) is 14.5 Å². The van der Waals surface area contributed by atoms with Gasteiger partial charge in [-0.15, -0.1) is 12.4 Å². The molecular formula is C7H15ClN4O2S. The molecule has 6 nitrogen and oxygen atoms in total. The molecule has 0 aliphatic carbocycles. The number of hydrogen-bond donors (Lipinski definition) is 2. The smallest absolute Gasteiger partial charge is 0.257 e. The topological polar surface area (TPSA) is 90.0 Å². The lowest BCUT2D eigenvalue weighted by Crippen LogP contribution is -2.38. The van der Waals surface area contributed by atoms with Crippen molar-refractivity contribution in [2.75, 3.05) is 6.54 Å². The zero-order valence-corrected chi connectivity index (χ0v) is 10.2. The molecule has 0 fully saturated rings. The third-order valence-electron chi connectivity index (χ3n) is 1.76. The molecule has 1 rings (SSSR count). The minimum atomic E-state index is -3.49. The van der Waals surface area contributed by atoms with E-state index in [0.717, 1.165) is 0 Å². The highest BCUT2D eigenvalue weighted by atomic mass is 35.5. The molecule has 0 bridgehead atoms. The first-order chi connectivity index (χ1) is 6.47. The van der Waals surface area contributed by atoms with Crippen molar-refractivity contribution in [3.8, 4) is 0 Å². The maximum atomic E-state index is 11.7. The molecule has 1 aromatic heterocycles. The summed E-state index contributed by atoms with van der Waals surface area (Å²) in [6, 6.07) is 1.15. The molecule has 0 radical (unpaired) electrons. The van der Waals surface area contributed by atoms with Gasteiger partial charge in [-0.1, -0.05) is 0 Å². The number of sulfonamides is 1. The molecule has 0 aliphatic heterocycles. The fourth-order valence-corrected chi connectivity index (χ4v) is 2.38. The van der Waals surface area contributed by atoms with Crippen LogP contribution in [0, 0.1) is 0 Å². The van der Waals surface area contributed by atoms with Gasteiger partial charge in [0.05, 0.1) is 6.20 Å². The zero-order valence-electron chi connectivity index (χ0n) is 8.54. The van der Waals surface area contributed by atoms with Gasteiger partial charge in [0.1, 0.15) is 0 Å². The fourth-order valence-electron chi connectivity index (χ4n) is 0.999. The summed E-state index contributed by atoms with van der Waals surface area (Å²) in [6.07, 6.45) is 1.43. The predicted octanol–water partition coefficient (Wildman–Crippen LogP) is -0.533. The van der Waals surface area contributed by atoms with Crippen molar-refractivity contribution in [1.29, 1.82) is 0 Å². The van der Waals surface area contributed by atoms with Gasteiger partial charge in [0.25, 0.3) is 10.0 Å². The number of nitrogens with zero attached hydrogens (tertiary/aromatic N) is 2. The number of halogens is 1. The van der Waals surface area contributed by atoms with Crippen molar-refractivity contribution in [3.63, 3.8) is 0 Å². The second-order valence-electron chi connectivity index (χ2n) is 3.05.